The van der Waals surface area contributed by atoms with Gasteiger partial charge < -0.3 is 5.32 Å². The van der Waals surface area contributed by atoms with E-state index in [0.717, 1.165) is 25.7 Å². The highest BCUT2D eigenvalue weighted by molar-refractivity contribution is 7.91. The van der Waals surface area contributed by atoms with Gasteiger partial charge in [-0.3, -0.25) is 4.79 Å². The van der Waals surface area contributed by atoms with Gasteiger partial charge in [0, 0.05) is 19.1 Å². The molecule has 2 atom stereocenters. The molecule has 124 valence electrons. The average molecular weight is 345 g/mol. The zero-order valence-electron chi connectivity index (χ0n) is 13.1. The van der Waals surface area contributed by atoms with Gasteiger partial charge in [-0.25, -0.2) is 8.42 Å². The standard InChI is InChI=1S/C15H24N2O3S2/c1-3-6-12(2)16-15(18)13-7-4-9-17(11-13)22(19,20)14-8-5-10-21-14/h5,8,10,12-13H,3-4,6-7,9,11H2,1-2H3,(H,16,18)/t12-,13+/m1/s1. The van der Waals surface area contributed by atoms with Crippen molar-refractivity contribution in [1.82, 2.24) is 9.62 Å². The molecular weight excluding hydrogens is 320 g/mol. The predicted octanol–water partition coefficient (Wildman–Crippen LogP) is 2.45. The topological polar surface area (TPSA) is 66.5 Å². The molecule has 0 saturated carbocycles. The van der Waals surface area contributed by atoms with Crippen LogP contribution in [0.4, 0.5) is 0 Å². The first-order valence-electron chi connectivity index (χ1n) is 7.79. The second-order valence-corrected chi connectivity index (χ2v) is 8.95. The van der Waals surface area contributed by atoms with E-state index in [1.807, 2.05) is 6.92 Å². The van der Waals surface area contributed by atoms with E-state index >= 15 is 0 Å². The van der Waals surface area contributed by atoms with Gasteiger partial charge in [-0.15, -0.1) is 11.3 Å². The Morgan fingerprint density at radius 1 is 1.55 bits per heavy atom. The maximum Gasteiger partial charge on any atom is 0.252 e. The minimum absolute atomic E-state index is 0.0213. The van der Waals surface area contributed by atoms with Crippen molar-refractivity contribution in [2.75, 3.05) is 13.1 Å². The van der Waals surface area contributed by atoms with Crippen LogP contribution in [0, 0.1) is 5.92 Å². The van der Waals surface area contributed by atoms with Crippen molar-refractivity contribution in [2.45, 2.75) is 49.8 Å². The van der Waals surface area contributed by atoms with Gasteiger partial charge in [-0.2, -0.15) is 4.31 Å². The number of hydrogen-bond acceptors (Lipinski definition) is 4. The van der Waals surface area contributed by atoms with Crippen molar-refractivity contribution in [3.05, 3.63) is 17.5 Å². The normalized spacial score (nSPS) is 21.5. The van der Waals surface area contributed by atoms with Gasteiger partial charge in [-0.05, 0) is 37.6 Å². The third-order valence-corrected chi connectivity index (χ3v) is 7.19. The Morgan fingerprint density at radius 2 is 2.32 bits per heavy atom. The van der Waals surface area contributed by atoms with Crippen LogP contribution in [0.2, 0.25) is 0 Å². The van der Waals surface area contributed by atoms with Crippen LogP contribution >= 0.6 is 11.3 Å². The van der Waals surface area contributed by atoms with E-state index < -0.39 is 10.0 Å². The van der Waals surface area contributed by atoms with Gasteiger partial charge >= 0.3 is 0 Å². The fourth-order valence-electron chi connectivity index (χ4n) is 2.78. The third-order valence-electron chi connectivity index (χ3n) is 3.95. The lowest BCUT2D eigenvalue weighted by Gasteiger charge is -2.31. The summed E-state index contributed by atoms with van der Waals surface area (Å²) in [5, 5.41) is 4.76. The smallest absolute Gasteiger partial charge is 0.252 e. The minimum Gasteiger partial charge on any atom is -0.353 e. The first-order chi connectivity index (χ1) is 10.4. The number of rotatable bonds is 6. The summed E-state index contributed by atoms with van der Waals surface area (Å²) in [7, 11) is -3.45. The number of carbonyl (C=O) groups excluding carboxylic acids is 1. The number of nitrogens with zero attached hydrogens (tertiary/aromatic N) is 1. The highest BCUT2D eigenvalue weighted by Crippen LogP contribution is 2.26. The maximum atomic E-state index is 12.5. The molecule has 0 radical (unpaired) electrons. The van der Waals surface area contributed by atoms with Crippen LogP contribution in [-0.2, 0) is 14.8 Å². The number of amides is 1. The molecule has 2 rings (SSSR count). The number of nitrogens with one attached hydrogen (secondary N) is 1. The lowest BCUT2D eigenvalue weighted by Crippen LogP contribution is -2.46. The van der Waals surface area contributed by atoms with E-state index in [1.165, 1.54) is 15.6 Å². The zero-order chi connectivity index (χ0) is 16.2. The van der Waals surface area contributed by atoms with Crippen molar-refractivity contribution in [3.8, 4) is 0 Å². The fraction of sp³-hybridized carbons (Fsp3) is 0.667. The van der Waals surface area contributed by atoms with Crippen molar-refractivity contribution >= 4 is 27.3 Å². The minimum atomic E-state index is -3.45. The summed E-state index contributed by atoms with van der Waals surface area (Å²) in [6.07, 6.45) is 3.44. The van der Waals surface area contributed by atoms with Crippen LogP contribution in [0.15, 0.2) is 21.7 Å². The largest absolute Gasteiger partial charge is 0.353 e. The van der Waals surface area contributed by atoms with Crippen molar-refractivity contribution in [3.63, 3.8) is 0 Å². The molecule has 1 aliphatic heterocycles. The van der Waals surface area contributed by atoms with Gasteiger partial charge in [0.2, 0.25) is 5.91 Å². The summed E-state index contributed by atoms with van der Waals surface area (Å²) in [4.78, 5) is 12.3. The molecule has 1 aromatic rings. The van der Waals surface area contributed by atoms with Crippen LogP contribution < -0.4 is 5.32 Å². The number of hydrogen-bond donors (Lipinski definition) is 1. The summed E-state index contributed by atoms with van der Waals surface area (Å²) < 4.78 is 26.9. The lowest BCUT2D eigenvalue weighted by atomic mass is 9.98. The van der Waals surface area contributed by atoms with E-state index in [4.69, 9.17) is 0 Å². The van der Waals surface area contributed by atoms with E-state index in [2.05, 4.69) is 12.2 Å². The number of sulfonamides is 1. The molecule has 7 heteroatoms. The van der Waals surface area contributed by atoms with Gasteiger partial charge in [0.25, 0.3) is 10.0 Å². The Balaban J connectivity index is 2.01. The summed E-state index contributed by atoms with van der Waals surface area (Å²) >= 11 is 1.22. The van der Waals surface area contributed by atoms with Crippen molar-refractivity contribution in [2.24, 2.45) is 5.92 Å². The van der Waals surface area contributed by atoms with E-state index in [1.54, 1.807) is 17.5 Å². The van der Waals surface area contributed by atoms with Crippen LogP contribution in [-0.4, -0.2) is 37.8 Å². The first kappa shape index (κ1) is 17.4. The Morgan fingerprint density at radius 3 is 2.95 bits per heavy atom. The zero-order valence-corrected chi connectivity index (χ0v) is 14.8. The molecule has 0 aromatic carbocycles. The maximum absolute atomic E-state index is 12.5. The van der Waals surface area contributed by atoms with Crippen LogP contribution in [0.5, 0.6) is 0 Å². The molecule has 1 aliphatic rings. The third kappa shape index (κ3) is 4.08. The van der Waals surface area contributed by atoms with Crippen LogP contribution in [0.25, 0.3) is 0 Å². The highest BCUT2D eigenvalue weighted by Gasteiger charge is 2.33. The highest BCUT2D eigenvalue weighted by atomic mass is 32.2. The number of carbonyl (C=O) groups is 1. The van der Waals surface area contributed by atoms with E-state index in [-0.39, 0.29) is 24.4 Å². The van der Waals surface area contributed by atoms with Gasteiger partial charge in [0.05, 0.1) is 5.92 Å². The predicted molar refractivity (Wildman–Crippen MR) is 88.3 cm³/mol. The summed E-state index contributed by atoms with van der Waals surface area (Å²) in [6.45, 7) is 4.85. The Bertz CT molecular complexity index is 584. The molecule has 1 fully saturated rings. The molecule has 5 nitrogen and oxygen atoms in total. The summed E-state index contributed by atoms with van der Waals surface area (Å²) in [6, 6.07) is 3.49. The Kier molecular flexibility index (Phi) is 6.00. The van der Waals surface area contributed by atoms with Crippen molar-refractivity contribution < 1.29 is 13.2 Å². The van der Waals surface area contributed by atoms with Gasteiger partial charge in [-0.1, -0.05) is 19.4 Å². The van der Waals surface area contributed by atoms with Gasteiger partial charge in [0.15, 0.2) is 0 Å². The quantitative estimate of drug-likeness (QED) is 0.862. The Labute approximate surface area is 136 Å². The average Bonchev–Trinajstić information content (AvgIpc) is 3.02. The molecule has 1 aromatic heterocycles. The SMILES string of the molecule is CCC[C@@H](C)NC(=O)[C@H]1CCCN(S(=O)(=O)c2cccs2)C1. The van der Waals surface area contributed by atoms with Gasteiger partial charge in [0.1, 0.15) is 4.21 Å². The lowest BCUT2D eigenvalue weighted by molar-refractivity contribution is -0.126. The van der Waals surface area contributed by atoms with Crippen LogP contribution in [0.3, 0.4) is 0 Å². The van der Waals surface area contributed by atoms with Crippen molar-refractivity contribution in [1.29, 1.82) is 0 Å². The monoisotopic (exact) mass is 344 g/mol. The summed E-state index contributed by atoms with van der Waals surface area (Å²) in [5.74, 6) is -0.269. The molecule has 0 bridgehead atoms. The first-order valence-corrected chi connectivity index (χ1v) is 10.1. The molecule has 0 spiro atoms. The van der Waals surface area contributed by atoms with E-state index in [0.29, 0.717) is 10.8 Å². The van der Waals surface area contributed by atoms with E-state index in [9.17, 15) is 13.2 Å². The number of thiophene rings is 1. The molecule has 0 unspecified atom stereocenters. The molecule has 0 aliphatic carbocycles. The second-order valence-electron chi connectivity index (χ2n) is 5.83. The molecule has 22 heavy (non-hydrogen) atoms. The Hall–Kier alpha value is -0.920. The molecule has 1 amide bonds. The van der Waals surface area contributed by atoms with Crippen LogP contribution in [0.1, 0.15) is 39.5 Å². The number of piperidine rings is 1. The molecule has 2 heterocycles. The molecule has 1 N–H and O–H groups in total. The fourth-order valence-corrected chi connectivity index (χ4v) is 5.45. The second kappa shape index (κ2) is 7.57. The molecular formula is C15H24N2O3S2. The summed E-state index contributed by atoms with van der Waals surface area (Å²) in [5.41, 5.74) is 0. The molecule has 1 saturated heterocycles.